The minimum Gasteiger partial charge on any atom is -0.507 e. The first-order valence-corrected chi connectivity index (χ1v) is 19.3. The molecule has 3 aromatic carbocycles. The van der Waals surface area contributed by atoms with E-state index in [0.29, 0.717) is 52.2 Å². The molecule has 1 fully saturated rings. The quantitative estimate of drug-likeness (QED) is 0.0946. The van der Waals surface area contributed by atoms with Gasteiger partial charge >= 0.3 is 5.97 Å². The van der Waals surface area contributed by atoms with Gasteiger partial charge in [0.05, 0.1) is 24.0 Å². The standard InChI is InChI=1S/C45H53F2N3O5/c1-8-9-10-11-25-54-45(6)21-23-49(24-22-45)42-39(40(43(52)53-7)55-44(3,4)5)29(2)38(30-15-17-33(46)18-16-30)41-48-36(28-50(41)42)32-14-12-13-31(26-32)35-27-34(47)19-20-37(35)51/h12-20,26-28,40,51H,8-11,21-25H2,1-7H3. The highest BCUT2D eigenvalue weighted by atomic mass is 19.1. The van der Waals surface area contributed by atoms with Gasteiger partial charge in [-0.15, -0.1) is 0 Å². The number of unbranched alkanes of at least 4 members (excludes halogenated alkanes) is 3. The second kappa shape index (κ2) is 16.5. The zero-order chi connectivity index (χ0) is 39.5. The van der Waals surface area contributed by atoms with Crippen molar-refractivity contribution in [2.24, 2.45) is 0 Å². The van der Waals surface area contributed by atoms with Gasteiger partial charge in [0.2, 0.25) is 0 Å². The molecule has 0 bridgehead atoms. The highest BCUT2D eigenvalue weighted by Gasteiger charge is 2.39. The summed E-state index contributed by atoms with van der Waals surface area (Å²) >= 11 is 0. The van der Waals surface area contributed by atoms with Crippen LogP contribution in [0.25, 0.3) is 39.2 Å². The minimum absolute atomic E-state index is 0.0376. The lowest BCUT2D eigenvalue weighted by atomic mass is 9.90. The zero-order valence-corrected chi connectivity index (χ0v) is 33.0. The van der Waals surface area contributed by atoms with E-state index < -0.39 is 23.5 Å². The molecule has 0 aliphatic carbocycles. The summed E-state index contributed by atoms with van der Waals surface area (Å²) in [5.41, 5.74) is 4.75. The first-order valence-electron chi connectivity index (χ1n) is 19.3. The third-order valence-electron chi connectivity index (χ3n) is 10.5. The van der Waals surface area contributed by atoms with Gasteiger partial charge in [0.15, 0.2) is 6.10 Å². The summed E-state index contributed by atoms with van der Waals surface area (Å²) in [6.07, 6.45) is 6.93. The Morgan fingerprint density at radius 2 is 1.64 bits per heavy atom. The van der Waals surface area contributed by atoms with Crippen LogP contribution in [0.2, 0.25) is 0 Å². The monoisotopic (exact) mass is 753 g/mol. The fraction of sp³-hybridized carbons (Fsp3) is 0.422. The Hall–Kier alpha value is -4.80. The number of carbonyl (C=O) groups excluding carboxylic acids is 1. The fourth-order valence-corrected chi connectivity index (χ4v) is 7.51. The summed E-state index contributed by atoms with van der Waals surface area (Å²) < 4.78 is 49.2. The lowest BCUT2D eigenvalue weighted by molar-refractivity contribution is -0.164. The molecule has 10 heteroatoms. The molecule has 0 radical (unpaired) electrons. The Bertz CT molecular complexity index is 2130. The topological polar surface area (TPSA) is 85.5 Å². The fourth-order valence-electron chi connectivity index (χ4n) is 7.51. The van der Waals surface area contributed by atoms with Crippen LogP contribution < -0.4 is 4.90 Å². The predicted octanol–water partition coefficient (Wildman–Crippen LogP) is 10.6. The molecular formula is C45H53F2N3O5. The van der Waals surface area contributed by atoms with E-state index in [1.54, 1.807) is 12.1 Å². The second-order valence-corrected chi connectivity index (χ2v) is 15.8. The number of piperidine rings is 1. The highest BCUT2D eigenvalue weighted by molar-refractivity contribution is 5.90. The van der Waals surface area contributed by atoms with Crippen molar-refractivity contribution in [2.75, 3.05) is 31.7 Å². The molecule has 8 nitrogen and oxygen atoms in total. The lowest BCUT2D eigenvalue weighted by Crippen LogP contribution is -2.45. The molecule has 1 saturated heterocycles. The number of methoxy groups -OCH3 is 1. The molecule has 1 N–H and O–H groups in total. The second-order valence-electron chi connectivity index (χ2n) is 15.8. The Labute approximate surface area is 323 Å². The maximum Gasteiger partial charge on any atom is 0.339 e. The van der Waals surface area contributed by atoms with Crippen molar-refractivity contribution in [2.45, 2.75) is 97.4 Å². The highest BCUT2D eigenvalue weighted by Crippen LogP contribution is 2.44. The van der Waals surface area contributed by atoms with Gasteiger partial charge in [-0.1, -0.05) is 56.5 Å². The van der Waals surface area contributed by atoms with Crippen LogP contribution in [-0.2, 0) is 19.0 Å². The van der Waals surface area contributed by atoms with E-state index in [9.17, 15) is 18.7 Å². The van der Waals surface area contributed by atoms with E-state index in [-0.39, 0.29) is 17.2 Å². The number of aromatic nitrogens is 2. The van der Waals surface area contributed by atoms with Crippen LogP contribution in [0.3, 0.4) is 0 Å². The molecule has 1 unspecified atom stereocenters. The average molecular weight is 754 g/mol. The largest absolute Gasteiger partial charge is 0.507 e. The van der Waals surface area contributed by atoms with Gasteiger partial charge in [-0.2, -0.15) is 0 Å². The van der Waals surface area contributed by atoms with Gasteiger partial charge in [-0.3, -0.25) is 4.40 Å². The lowest BCUT2D eigenvalue weighted by Gasteiger charge is -2.42. The number of carbonyl (C=O) groups is 1. The van der Waals surface area contributed by atoms with Crippen LogP contribution in [0, 0.1) is 18.6 Å². The number of anilines is 1. The number of benzene rings is 3. The first-order chi connectivity index (χ1) is 26.2. The van der Waals surface area contributed by atoms with Gasteiger partial charge in [0, 0.05) is 48.1 Å². The Morgan fingerprint density at radius 1 is 0.945 bits per heavy atom. The van der Waals surface area contributed by atoms with Gasteiger partial charge in [0.25, 0.3) is 0 Å². The number of pyridine rings is 1. The van der Waals surface area contributed by atoms with E-state index in [2.05, 4.69) is 18.7 Å². The summed E-state index contributed by atoms with van der Waals surface area (Å²) in [6, 6.07) is 17.5. The van der Waals surface area contributed by atoms with Crippen molar-refractivity contribution in [1.29, 1.82) is 0 Å². The molecule has 0 amide bonds. The maximum atomic E-state index is 14.4. The molecule has 1 aliphatic rings. The SMILES string of the molecule is CCCCCCOC1(C)CCN(c2c(C(OC(C)(C)C)C(=O)OC)c(C)c(-c3ccc(F)cc3)c3nc(-c4cccc(-c5cc(F)ccc5O)c4)cn23)CC1. The molecule has 1 atom stereocenters. The van der Waals surface area contributed by atoms with Crippen molar-refractivity contribution in [3.05, 3.63) is 95.7 Å². The molecule has 292 valence electrons. The number of ether oxygens (including phenoxy) is 3. The smallest absolute Gasteiger partial charge is 0.339 e. The third-order valence-corrected chi connectivity index (χ3v) is 10.5. The molecule has 6 rings (SSSR count). The van der Waals surface area contributed by atoms with Crippen LogP contribution >= 0.6 is 0 Å². The Kier molecular flexibility index (Phi) is 12.0. The number of halogens is 2. The molecule has 2 aromatic heterocycles. The van der Waals surface area contributed by atoms with E-state index in [4.69, 9.17) is 19.2 Å². The minimum atomic E-state index is -1.10. The summed E-state index contributed by atoms with van der Waals surface area (Å²) in [5, 5.41) is 10.6. The number of hydrogen-bond donors (Lipinski definition) is 1. The zero-order valence-electron chi connectivity index (χ0n) is 33.0. The first kappa shape index (κ1) is 39.9. The number of imidazole rings is 1. The van der Waals surface area contributed by atoms with Crippen molar-refractivity contribution >= 4 is 17.4 Å². The molecule has 0 spiro atoms. The van der Waals surface area contributed by atoms with E-state index in [1.165, 1.54) is 50.3 Å². The van der Waals surface area contributed by atoms with Crippen LogP contribution in [0.5, 0.6) is 5.75 Å². The summed E-state index contributed by atoms with van der Waals surface area (Å²) in [5.74, 6) is -0.656. The van der Waals surface area contributed by atoms with Crippen LogP contribution in [-0.4, -0.2) is 58.5 Å². The van der Waals surface area contributed by atoms with Crippen molar-refractivity contribution in [3.8, 4) is 39.3 Å². The number of rotatable bonds is 13. The van der Waals surface area contributed by atoms with Crippen LogP contribution in [0.15, 0.2) is 72.9 Å². The van der Waals surface area contributed by atoms with Gasteiger partial charge in [-0.05, 0) is 107 Å². The molecular weight excluding hydrogens is 701 g/mol. The molecule has 5 aromatic rings. The number of esters is 1. The average Bonchev–Trinajstić information content (AvgIpc) is 3.60. The van der Waals surface area contributed by atoms with Crippen molar-refractivity contribution in [3.63, 3.8) is 0 Å². The molecule has 3 heterocycles. The summed E-state index contributed by atoms with van der Waals surface area (Å²) in [7, 11) is 1.36. The molecule has 0 saturated carbocycles. The summed E-state index contributed by atoms with van der Waals surface area (Å²) in [6.45, 7) is 14.1. The van der Waals surface area contributed by atoms with E-state index in [0.717, 1.165) is 49.2 Å². The number of phenols is 1. The normalized spacial score (nSPS) is 15.0. The maximum absolute atomic E-state index is 14.4. The van der Waals surface area contributed by atoms with Crippen LogP contribution in [0.4, 0.5) is 14.6 Å². The van der Waals surface area contributed by atoms with Gasteiger partial charge < -0.3 is 24.2 Å². The van der Waals surface area contributed by atoms with Crippen LogP contribution in [0.1, 0.15) is 90.4 Å². The Morgan fingerprint density at radius 3 is 2.31 bits per heavy atom. The third kappa shape index (κ3) is 8.86. The van der Waals surface area contributed by atoms with Crippen molar-refractivity contribution in [1.82, 2.24) is 9.38 Å². The summed E-state index contributed by atoms with van der Waals surface area (Å²) in [4.78, 5) is 21.4. The number of aromatic hydroxyl groups is 1. The van der Waals surface area contributed by atoms with Gasteiger partial charge in [0.1, 0.15) is 28.8 Å². The van der Waals surface area contributed by atoms with Crippen molar-refractivity contribution < 1.29 is 32.9 Å². The number of hydrogen-bond acceptors (Lipinski definition) is 7. The molecule has 55 heavy (non-hydrogen) atoms. The molecule has 1 aliphatic heterocycles. The van der Waals surface area contributed by atoms with E-state index >= 15 is 0 Å². The predicted molar refractivity (Wildman–Crippen MR) is 213 cm³/mol. The van der Waals surface area contributed by atoms with E-state index in [1.807, 2.05) is 62.6 Å². The number of phenolic OH excluding ortho intramolecular Hbond substituents is 1. The number of fused-ring (bicyclic) bond motifs is 1. The van der Waals surface area contributed by atoms with Gasteiger partial charge in [-0.25, -0.2) is 18.6 Å². The Balaban J connectivity index is 1.56. The number of nitrogens with zero attached hydrogens (tertiary/aromatic N) is 3.